The molecule has 2 atom stereocenters. The maximum atomic E-state index is 12.4. The molecular weight excluding hydrogens is 394 g/mol. The summed E-state index contributed by atoms with van der Waals surface area (Å²) >= 11 is 1.31. The average Bonchev–Trinajstić information content (AvgIpc) is 2.91. The van der Waals surface area contributed by atoms with Gasteiger partial charge in [0.15, 0.2) is 0 Å². The highest BCUT2D eigenvalue weighted by Crippen LogP contribution is 2.28. The number of esters is 2. The Morgan fingerprint density at radius 2 is 1.72 bits per heavy atom. The number of carbonyl (C=O) groups is 4. The number of hydrogen-bond acceptors (Lipinski definition) is 7. The van der Waals surface area contributed by atoms with Crippen LogP contribution in [0.15, 0.2) is 0 Å². The molecule has 2 unspecified atom stereocenters. The Hall–Kier alpha value is -1.57. The number of likely N-dealkylation sites (tertiary alicyclic amines) is 1. The summed E-state index contributed by atoms with van der Waals surface area (Å²) < 4.78 is 10.5. The van der Waals surface area contributed by atoms with Crippen LogP contribution < -0.4 is 0 Å². The van der Waals surface area contributed by atoms with Gasteiger partial charge in [0.1, 0.15) is 13.2 Å². The third-order valence-corrected chi connectivity index (χ3v) is 6.91. The van der Waals surface area contributed by atoms with Gasteiger partial charge in [0.25, 0.3) is 0 Å². The number of rotatable bonds is 11. The smallest absolute Gasteiger partial charge is 0.311 e. The summed E-state index contributed by atoms with van der Waals surface area (Å²) in [6.07, 6.45) is 0.116. The Bertz CT molecular complexity index is 616. The Kier molecular flexibility index (Phi) is 9.65. The summed E-state index contributed by atoms with van der Waals surface area (Å²) in [5.74, 6) is -0.594. The molecule has 166 valence electrons. The number of amides is 2. The Balaban J connectivity index is 2.39. The largest absolute Gasteiger partial charge is 0.464 e. The Morgan fingerprint density at radius 3 is 2.28 bits per heavy atom. The maximum absolute atomic E-state index is 12.4. The predicted octanol–water partition coefficient (Wildman–Crippen LogP) is 2.91. The first-order chi connectivity index (χ1) is 13.4. The molecule has 1 heterocycles. The van der Waals surface area contributed by atoms with Crippen molar-refractivity contribution in [3.8, 4) is 0 Å². The Morgan fingerprint density at radius 1 is 1.10 bits per heavy atom. The lowest BCUT2D eigenvalue weighted by molar-refractivity contribution is -0.155. The summed E-state index contributed by atoms with van der Waals surface area (Å²) in [4.78, 5) is 49.7. The number of thioether (sulfide) groups is 1. The molecule has 2 amide bonds. The van der Waals surface area contributed by atoms with Gasteiger partial charge in [-0.25, -0.2) is 0 Å². The van der Waals surface area contributed by atoms with Crippen LogP contribution in [0, 0.1) is 23.2 Å². The molecule has 1 rings (SSSR count). The van der Waals surface area contributed by atoms with Gasteiger partial charge < -0.3 is 9.47 Å². The number of nitrogens with zero attached hydrogens (tertiary/aromatic N) is 1. The molecule has 0 N–H and O–H groups in total. The molecule has 29 heavy (non-hydrogen) atoms. The van der Waals surface area contributed by atoms with E-state index in [2.05, 4.69) is 0 Å². The van der Waals surface area contributed by atoms with E-state index in [1.807, 2.05) is 41.5 Å². The van der Waals surface area contributed by atoms with Crippen molar-refractivity contribution in [1.82, 2.24) is 4.90 Å². The van der Waals surface area contributed by atoms with E-state index in [-0.39, 0.29) is 67.7 Å². The summed E-state index contributed by atoms with van der Waals surface area (Å²) in [5, 5.41) is -0.482. The summed E-state index contributed by atoms with van der Waals surface area (Å²) in [6.45, 7) is 13.6. The van der Waals surface area contributed by atoms with Crippen LogP contribution in [-0.4, -0.2) is 59.4 Å². The van der Waals surface area contributed by atoms with Gasteiger partial charge in [0.2, 0.25) is 11.8 Å². The van der Waals surface area contributed by atoms with E-state index in [0.29, 0.717) is 5.75 Å². The zero-order valence-electron chi connectivity index (χ0n) is 18.6. The van der Waals surface area contributed by atoms with Crippen molar-refractivity contribution in [2.24, 2.45) is 23.2 Å². The second kappa shape index (κ2) is 11.0. The first kappa shape index (κ1) is 25.5. The maximum Gasteiger partial charge on any atom is 0.311 e. The lowest BCUT2D eigenvalue weighted by Gasteiger charge is -2.26. The molecule has 0 aromatic carbocycles. The average molecular weight is 430 g/mol. The van der Waals surface area contributed by atoms with Gasteiger partial charge in [-0.2, -0.15) is 0 Å². The molecule has 0 aliphatic carbocycles. The van der Waals surface area contributed by atoms with Gasteiger partial charge >= 0.3 is 11.9 Å². The van der Waals surface area contributed by atoms with Crippen molar-refractivity contribution in [2.75, 3.05) is 25.5 Å². The highest BCUT2D eigenvalue weighted by atomic mass is 32.2. The van der Waals surface area contributed by atoms with E-state index < -0.39 is 10.7 Å². The highest BCUT2D eigenvalue weighted by molar-refractivity contribution is 8.00. The molecule has 7 nitrogen and oxygen atoms in total. The van der Waals surface area contributed by atoms with Gasteiger partial charge in [-0.1, -0.05) is 34.6 Å². The minimum Gasteiger partial charge on any atom is -0.464 e. The number of carbonyl (C=O) groups excluding carboxylic acids is 4. The fourth-order valence-electron chi connectivity index (χ4n) is 2.41. The molecule has 0 radical (unpaired) electrons. The van der Waals surface area contributed by atoms with Crippen LogP contribution in [0.2, 0.25) is 0 Å². The van der Waals surface area contributed by atoms with Crippen molar-refractivity contribution in [2.45, 2.75) is 60.1 Å². The van der Waals surface area contributed by atoms with Crippen LogP contribution in [0.4, 0.5) is 0 Å². The molecule has 8 heteroatoms. The molecule has 0 aromatic rings. The third kappa shape index (κ3) is 7.01. The zero-order chi connectivity index (χ0) is 22.4. The van der Waals surface area contributed by atoms with E-state index in [4.69, 9.17) is 9.47 Å². The van der Waals surface area contributed by atoms with E-state index >= 15 is 0 Å². The van der Waals surface area contributed by atoms with Crippen molar-refractivity contribution < 1.29 is 28.7 Å². The minimum atomic E-state index is -0.564. The fraction of sp³-hybridized carbons (Fsp3) is 0.810. The molecule has 1 aliphatic rings. The molecule has 1 saturated heterocycles. The number of imide groups is 1. The van der Waals surface area contributed by atoms with Crippen LogP contribution in [0.1, 0.15) is 54.9 Å². The second-order valence-corrected chi connectivity index (χ2v) is 9.97. The predicted molar refractivity (Wildman–Crippen MR) is 112 cm³/mol. The van der Waals surface area contributed by atoms with Gasteiger partial charge in [0.05, 0.1) is 23.1 Å². The molecule has 1 fully saturated rings. The number of hydrogen-bond donors (Lipinski definition) is 0. The lowest BCUT2D eigenvalue weighted by atomic mass is 9.81. The van der Waals surface area contributed by atoms with Crippen LogP contribution >= 0.6 is 11.8 Å². The van der Waals surface area contributed by atoms with Crippen LogP contribution in [0.5, 0.6) is 0 Å². The summed E-state index contributed by atoms with van der Waals surface area (Å²) in [6, 6.07) is 0. The van der Waals surface area contributed by atoms with E-state index in [0.717, 1.165) is 4.90 Å². The zero-order valence-corrected chi connectivity index (χ0v) is 19.5. The van der Waals surface area contributed by atoms with Gasteiger partial charge in [-0.3, -0.25) is 24.1 Å². The van der Waals surface area contributed by atoms with Crippen LogP contribution in [-0.2, 0) is 28.7 Å². The van der Waals surface area contributed by atoms with Gasteiger partial charge in [-0.05, 0) is 25.7 Å². The molecule has 1 aliphatic heterocycles. The monoisotopic (exact) mass is 429 g/mol. The standard InChI is InChI=1S/C21H35NO6S/c1-13(2)15(5)19(25)27-9-8-22-17(23)12-16(18(22)24)29-11-10-28-20(26)21(6,7)14(3)4/h13-16H,8-12H2,1-7H3. The lowest BCUT2D eigenvalue weighted by Crippen LogP contribution is -2.35. The fourth-order valence-corrected chi connectivity index (χ4v) is 3.40. The van der Waals surface area contributed by atoms with Crippen LogP contribution in [0.25, 0.3) is 0 Å². The topological polar surface area (TPSA) is 90.0 Å². The van der Waals surface area contributed by atoms with Crippen molar-refractivity contribution >= 4 is 35.5 Å². The second-order valence-electron chi connectivity index (χ2n) is 8.66. The molecular formula is C21H35NO6S. The first-order valence-corrected chi connectivity index (χ1v) is 11.2. The molecule has 0 aromatic heterocycles. The molecule has 0 saturated carbocycles. The molecule has 0 spiro atoms. The van der Waals surface area contributed by atoms with E-state index in [1.165, 1.54) is 11.8 Å². The first-order valence-electron chi connectivity index (χ1n) is 10.2. The normalized spacial score (nSPS) is 18.5. The van der Waals surface area contributed by atoms with Gasteiger partial charge in [-0.15, -0.1) is 11.8 Å². The van der Waals surface area contributed by atoms with Crippen molar-refractivity contribution in [1.29, 1.82) is 0 Å². The number of ether oxygens (including phenoxy) is 2. The van der Waals surface area contributed by atoms with E-state index in [1.54, 1.807) is 6.92 Å². The summed E-state index contributed by atoms with van der Waals surface area (Å²) in [7, 11) is 0. The van der Waals surface area contributed by atoms with Gasteiger partial charge in [0, 0.05) is 12.2 Å². The minimum absolute atomic E-state index is 0.00660. The molecule has 0 bridgehead atoms. The highest BCUT2D eigenvalue weighted by Gasteiger charge is 2.39. The van der Waals surface area contributed by atoms with Crippen molar-refractivity contribution in [3.63, 3.8) is 0 Å². The van der Waals surface area contributed by atoms with E-state index in [9.17, 15) is 19.2 Å². The van der Waals surface area contributed by atoms with Crippen molar-refractivity contribution in [3.05, 3.63) is 0 Å². The summed E-state index contributed by atoms with van der Waals surface area (Å²) in [5.41, 5.74) is -0.564. The third-order valence-electron chi connectivity index (χ3n) is 5.74. The quantitative estimate of drug-likeness (QED) is 0.283. The van der Waals surface area contributed by atoms with Crippen LogP contribution in [0.3, 0.4) is 0 Å². The Labute approximate surface area is 178 Å². The SMILES string of the molecule is CC(C)C(C)C(=O)OCCN1C(=O)CC(SCCOC(=O)C(C)(C)C(C)C)C1=O.